The first-order chi connectivity index (χ1) is 14.7. The maximum absolute atomic E-state index is 14.4. The van der Waals surface area contributed by atoms with Gasteiger partial charge in [0, 0.05) is 24.7 Å². The van der Waals surface area contributed by atoms with Crippen LogP contribution < -0.4 is 4.74 Å². The molecule has 0 N–H and O–H groups in total. The summed E-state index contributed by atoms with van der Waals surface area (Å²) >= 11 is 0. The summed E-state index contributed by atoms with van der Waals surface area (Å²) in [6.45, 7) is 5.31. The van der Waals surface area contributed by atoms with Crippen LogP contribution in [0.1, 0.15) is 41.9 Å². The molecule has 0 radical (unpaired) electrons. The molecule has 0 aliphatic carbocycles. The molecule has 0 saturated carbocycles. The number of hydrogen-bond acceptors (Lipinski definition) is 5. The Morgan fingerprint density at radius 2 is 2.19 bits per heavy atom. The van der Waals surface area contributed by atoms with Crippen LogP contribution in [-0.2, 0) is 15.1 Å². The van der Waals surface area contributed by atoms with E-state index in [4.69, 9.17) is 14.2 Å². The van der Waals surface area contributed by atoms with E-state index in [0.717, 1.165) is 5.56 Å². The van der Waals surface area contributed by atoms with Crippen molar-refractivity contribution >= 4 is 5.91 Å². The normalized spacial score (nSPS) is 23.5. The summed E-state index contributed by atoms with van der Waals surface area (Å²) in [6.07, 6.45) is 1.40. The molecule has 2 saturated heterocycles. The van der Waals surface area contributed by atoms with Gasteiger partial charge in [-0.15, -0.1) is 0 Å². The largest absolute Gasteiger partial charge is 0.490 e. The number of likely N-dealkylation sites (tertiary alicyclic amines) is 1. The van der Waals surface area contributed by atoms with Gasteiger partial charge < -0.3 is 19.1 Å². The van der Waals surface area contributed by atoms with E-state index in [1.54, 1.807) is 23.1 Å². The Morgan fingerprint density at radius 1 is 1.39 bits per heavy atom. The average Bonchev–Trinajstić information content (AvgIpc) is 3.16. The topological polar surface area (TPSA) is 60.9 Å². The second kappa shape index (κ2) is 8.16. The number of aromatic nitrogens is 1. The van der Waals surface area contributed by atoms with Crippen molar-refractivity contribution in [3.8, 4) is 5.75 Å². The average molecular weight is 432 g/mol. The number of amides is 1. The number of aryl methyl sites for hydroxylation is 1. The van der Waals surface area contributed by atoms with Gasteiger partial charge in [0.1, 0.15) is 48.0 Å². The zero-order valence-electron chi connectivity index (χ0n) is 17.9. The van der Waals surface area contributed by atoms with Crippen LogP contribution >= 0.6 is 0 Å². The number of carbonyl (C=O) groups excluding carboxylic acids is 1. The molecule has 2 fully saturated rings. The molecule has 4 rings (SSSR count). The molecule has 1 aromatic heterocycles. The summed E-state index contributed by atoms with van der Waals surface area (Å²) in [5, 5.41) is 0. The van der Waals surface area contributed by atoms with Gasteiger partial charge in [0.05, 0.1) is 6.54 Å². The van der Waals surface area contributed by atoms with Crippen molar-refractivity contribution in [3.05, 3.63) is 59.2 Å². The van der Waals surface area contributed by atoms with Crippen molar-refractivity contribution in [3.63, 3.8) is 0 Å². The number of ether oxygens (including phenoxy) is 3. The third-order valence-electron chi connectivity index (χ3n) is 5.68. The van der Waals surface area contributed by atoms with E-state index in [9.17, 15) is 13.6 Å². The van der Waals surface area contributed by atoms with E-state index in [-0.39, 0.29) is 31.5 Å². The number of alkyl halides is 1. The zero-order valence-corrected chi connectivity index (χ0v) is 17.9. The van der Waals surface area contributed by atoms with Gasteiger partial charge in [0.15, 0.2) is 0 Å². The second-order valence-corrected chi connectivity index (χ2v) is 8.63. The number of halogens is 2. The van der Waals surface area contributed by atoms with Gasteiger partial charge in [-0.1, -0.05) is 0 Å². The Hall–Kier alpha value is -2.58. The van der Waals surface area contributed by atoms with Crippen LogP contribution in [0.5, 0.6) is 5.75 Å². The molecule has 2 atom stereocenters. The van der Waals surface area contributed by atoms with Crippen LogP contribution in [0.15, 0.2) is 36.5 Å². The summed E-state index contributed by atoms with van der Waals surface area (Å²) in [6, 6.07) is 7.96. The summed E-state index contributed by atoms with van der Waals surface area (Å²) in [5.74, 6) is -0.0652. The highest BCUT2D eigenvalue weighted by atomic mass is 19.1. The van der Waals surface area contributed by atoms with Crippen LogP contribution in [0.4, 0.5) is 8.78 Å². The van der Waals surface area contributed by atoms with Gasteiger partial charge in [-0.05, 0) is 56.7 Å². The predicted molar refractivity (Wildman–Crippen MR) is 109 cm³/mol. The quantitative estimate of drug-likeness (QED) is 0.720. The van der Waals surface area contributed by atoms with Crippen LogP contribution in [-0.4, -0.2) is 54.1 Å². The van der Waals surface area contributed by atoms with Crippen molar-refractivity contribution in [2.24, 2.45) is 0 Å². The molecule has 2 aromatic rings. The number of carbonyl (C=O) groups is 1. The number of fused-ring (bicyclic) bond motifs is 1. The maximum atomic E-state index is 14.4. The maximum Gasteiger partial charge on any atom is 0.253 e. The van der Waals surface area contributed by atoms with Crippen molar-refractivity contribution in [2.75, 3.05) is 26.5 Å². The minimum absolute atomic E-state index is 0.0266. The Bertz CT molecular complexity index is 978. The standard InChI is InChI=1S/C23H26F2N2O4/c1-15-11-16(6-7-18(15)29-13-22(2,3)25)21(28)27-10-8-23(19(12-27)30-14-31-23)20-17(24)5-4-9-26-20/h4-7,9,11,19H,8,10,12-14H2,1-3H3. The monoisotopic (exact) mass is 432 g/mol. The van der Waals surface area contributed by atoms with Gasteiger partial charge in [-0.25, -0.2) is 8.78 Å². The van der Waals surface area contributed by atoms with E-state index >= 15 is 0 Å². The van der Waals surface area contributed by atoms with E-state index in [1.165, 1.54) is 32.2 Å². The lowest BCUT2D eigenvalue weighted by atomic mass is 9.84. The first-order valence-electron chi connectivity index (χ1n) is 10.3. The lowest BCUT2D eigenvalue weighted by Gasteiger charge is -2.41. The second-order valence-electron chi connectivity index (χ2n) is 8.63. The highest BCUT2D eigenvalue weighted by Crippen LogP contribution is 2.42. The smallest absolute Gasteiger partial charge is 0.253 e. The number of pyridine rings is 1. The minimum Gasteiger partial charge on any atom is -0.490 e. The fraction of sp³-hybridized carbons (Fsp3) is 0.478. The van der Waals surface area contributed by atoms with Gasteiger partial charge >= 0.3 is 0 Å². The molecule has 8 heteroatoms. The van der Waals surface area contributed by atoms with Gasteiger partial charge in [-0.2, -0.15) is 0 Å². The molecule has 31 heavy (non-hydrogen) atoms. The van der Waals surface area contributed by atoms with Crippen molar-refractivity contribution in [1.82, 2.24) is 9.88 Å². The highest BCUT2D eigenvalue weighted by molar-refractivity contribution is 5.94. The molecular weight excluding hydrogens is 406 g/mol. The zero-order chi connectivity index (χ0) is 22.2. The molecule has 1 aromatic carbocycles. The van der Waals surface area contributed by atoms with Gasteiger partial charge in [0.25, 0.3) is 5.91 Å². The number of hydrogen-bond donors (Lipinski definition) is 0. The number of piperidine rings is 1. The molecule has 3 heterocycles. The molecule has 0 bridgehead atoms. The van der Waals surface area contributed by atoms with E-state index < -0.39 is 23.2 Å². The fourth-order valence-electron chi connectivity index (χ4n) is 4.07. The van der Waals surface area contributed by atoms with Crippen molar-refractivity contribution in [2.45, 2.75) is 44.6 Å². The van der Waals surface area contributed by atoms with Crippen LogP contribution in [0, 0.1) is 12.7 Å². The summed E-state index contributed by atoms with van der Waals surface area (Å²) in [7, 11) is 0. The molecule has 166 valence electrons. The van der Waals surface area contributed by atoms with Gasteiger partial charge in [-0.3, -0.25) is 9.78 Å². The molecular formula is C23H26F2N2O4. The van der Waals surface area contributed by atoms with Crippen LogP contribution in [0.25, 0.3) is 0 Å². The summed E-state index contributed by atoms with van der Waals surface area (Å²) in [4.78, 5) is 19.0. The first kappa shape index (κ1) is 21.6. The molecule has 6 nitrogen and oxygen atoms in total. The number of nitrogens with zero attached hydrogens (tertiary/aromatic N) is 2. The molecule has 2 unspecified atom stereocenters. The van der Waals surface area contributed by atoms with Crippen LogP contribution in [0.2, 0.25) is 0 Å². The molecule has 2 aliphatic heterocycles. The highest BCUT2D eigenvalue weighted by Gasteiger charge is 2.53. The van der Waals surface area contributed by atoms with Crippen molar-refractivity contribution in [1.29, 1.82) is 0 Å². The number of rotatable bonds is 5. The third-order valence-corrected chi connectivity index (χ3v) is 5.68. The van der Waals surface area contributed by atoms with E-state index in [0.29, 0.717) is 24.3 Å². The minimum atomic E-state index is -1.45. The summed E-state index contributed by atoms with van der Waals surface area (Å²) < 4.78 is 45.2. The molecule has 1 amide bonds. The fourth-order valence-corrected chi connectivity index (χ4v) is 4.07. The Kier molecular flexibility index (Phi) is 5.70. The predicted octanol–water partition coefficient (Wildman–Crippen LogP) is 3.77. The lowest BCUT2D eigenvalue weighted by molar-refractivity contribution is -0.0494. The number of benzene rings is 1. The molecule has 0 spiro atoms. The van der Waals surface area contributed by atoms with Crippen molar-refractivity contribution < 1.29 is 27.8 Å². The van der Waals surface area contributed by atoms with E-state index in [1.807, 2.05) is 6.92 Å². The third kappa shape index (κ3) is 4.27. The lowest BCUT2D eigenvalue weighted by Crippen LogP contribution is -2.54. The molecule has 2 aliphatic rings. The first-order valence-corrected chi connectivity index (χ1v) is 10.3. The SMILES string of the molecule is Cc1cc(C(=O)N2CCC3(c4ncccc4F)OCOC3C2)ccc1OCC(C)(C)F. The Balaban J connectivity index is 1.49. The Labute approximate surface area is 180 Å². The van der Waals surface area contributed by atoms with Crippen LogP contribution in [0.3, 0.4) is 0 Å². The summed E-state index contributed by atoms with van der Waals surface area (Å²) in [5.41, 5.74) is -0.970. The Morgan fingerprint density at radius 3 is 2.90 bits per heavy atom. The van der Waals surface area contributed by atoms with E-state index in [2.05, 4.69) is 4.98 Å². The van der Waals surface area contributed by atoms with Gasteiger partial charge in [0.2, 0.25) is 0 Å².